The first kappa shape index (κ1) is 18.5. The number of non-ortho nitro benzene ring substituents is 1. The van der Waals surface area contributed by atoms with E-state index >= 15 is 0 Å². The van der Waals surface area contributed by atoms with Crippen LogP contribution in [-0.4, -0.2) is 4.92 Å². The Balaban J connectivity index is 1.78. The van der Waals surface area contributed by atoms with Gasteiger partial charge in [-0.2, -0.15) is 0 Å². The standard InChI is InChI=1S/C22H17NO6/c1-13-10-17-19(11-14(13)2)29-21(18-4-3-9-27-18)22(20(17)24)28-12-15-5-7-16(8-6-15)23(25)26/h3-11H,12H2,1-2H3. The number of nitro benzene ring substituents is 1. The molecule has 0 spiro atoms. The molecule has 0 aliphatic heterocycles. The highest BCUT2D eigenvalue weighted by Gasteiger charge is 2.20. The number of fused-ring (bicyclic) bond motifs is 1. The lowest BCUT2D eigenvalue weighted by Gasteiger charge is -2.11. The molecule has 0 aliphatic rings. The van der Waals surface area contributed by atoms with Gasteiger partial charge in [0.1, 0.15) is 12.2 Å². The number of rotatable bonds is 5. The molecule has 4 aromatic rings. The van der Waals surface area contributed by atoms with Crippen LogP contribution in [0.2, 0.25) is 0 Å². The Morgan fingerprint density at radius 3 is 2.45 bits per heavy atom. The lowest BCUT2D eigenvalue weighted by atomic mass is 10.1. The van der Waals surface area contributed by atoms with Gasteiger partial charge in [0.2, 0.25) is 16.9 Å². The van der Waals surface area contributed by atoms with Gasteiger partial charge in [0.25, 0.3) is 5.69 Å². The van der Waals surface area contributed by atoms with Crippen molar-refractivity contribution >= 4 is 16.7 Å². The zero-order chi connectivity index (χ0) is 20.5. The molecule has 7 heteroatoms. The summed E-state index contributed by atoms with van der Waals surface area (Å²) in [6.45, 7) is 3.92. The molecule has 7 nitrogen and oxygen atoms in total. The van der Waals surface area contributed by atoms with Gasteiger partial charge in [-0.3, -0.25) is 14.9 Å². The third-order valence-electron chi connectivity index (χ3n) is 4.74. The topological polar surface area (TPSA) is 95.7 Å². The van der Waals surface area contributed by atoms with Crippen molar-refractivity contribution in [3.8, 4) is 17.3 Å². The molecule has 0 fully saturated rings. The first-order chi connectivity index (χ1) is 13.9. The Morgan fingerprint density at radius 2 is 1.79 bits per heavy atom. The third-order valence-corrected chi connectivity index (χ3v) is 4.74. The maximum atomic E-state index is 13.2. The van der Waals surface area contributed by atoms with E-state index in [-0.39, 0.29) is 29.2 Å². The second-order valence-corrected chi connectivity index (χ2v) is 6.71. The zero-order valence-electron chi connectivity index (χ0n) is 15.8. The molecule has 2 aromatic heterocycles. The van der Waals surface area contributed by atoms with Crippen molar-refractivity contribution in [2.75, 3.05) is 0 Å². The first-order valence-electron chi connectivity index (χ1n) is 8.92. The highest BCUT2D eigenvalue weighted by Crippen LogP contribution is 2.32. The summed E-state index contributed by atoms with van der Waals surface area (Å²) in [5.41, 5.74) is 2.79. The molecule has 0 saturated heterocycles. The number of aryl methyl sites for hydroxylation is 2. The van der Waals surface area contributed by atoms with Gasteiger partial charge in [-0.05, 0) is 66.9 Å². The average Bonchev–Trinajstić information content (AvgIpc) is 3.24. The summed E-state index contributed by atoms with van der Waals surface area (Å²) in [5, 5.41) is 11.2. The normalized spacial score (nSPS) is 11.0. The molecule has 29 heavy (non-hydrogen) atoms. The van der Waals surface area contributed by atoms with E-state index in [2.05, 4.69) is 0 Å². The maximum absolute atomic E-state index is 13.2. The first-order valence-corrected chi connectivity index (χ1v) is 8.92. The van der Waals surface area contributed by atoms with Gasteiger partial charge >= 0.3 is 0 Å². The number of benzene rings is 2. The molecule has 0 amide bonds. The molecule has 2 heterocycles. The molecule has 0 aliphatic carbocycles. The summed E-state index contributed by atoms with van der Waals surface area (Å²) >= 11 is 0. The Kier molecular flexibility index (Phi) is 4.64. The number of hydrogen-bond donors (Lipinski definition) is 0. The van der Waals surface area contributed by atoms with Gasteiger partial charge in [0.15, 0.2) is 5.76 Å². The zero-order valence-corrected chi connectivity index (χ0v) is 15.8. The Bertz CT molecular complexity index is 1250. The van der Waals surface area contributed by atoms with E-state index in [9.17, 15) is 14.9 Å². The van der Waals surface area contributed by atoms with E-state index < -0.39 is 4.92 Å². The van der Waals surface area contributed by atoms with Crippen LogP contribution in [-0.2, 0) is 6.61 Å². The van der Waals surface area contributed by atoms with Crippen LogP contribution in [0, 0.1) is 24.0 Å². The highest BCUT2D eigenvalue weighted by atomic mass is 16.6. The fraction of sp³-hybridized carbons (Fsp3) is 0.136. The van der Waals surface area contributed by atoms with Crippen molar-refractivity contribution < 1.29 is 18.5 Å². The van der Waals surface area contributed by atoms with E-state index in [4.69, 9.17) is 13.6 Å². The number of nitro groups is 1. The molecule has 4 rings (SSSR count). The largest absolute Gasteiger partial charge is 0.481 e. The predicted molar refractivity (Wildman–Crippen MR) is 107 cm³/mol. The second-order valence-electron chi connectivity index (χ2n) is 6.71. The van der Waals surface area contributed by atoms with Crippen LogP contribution in [0.1, 0.15) is 16.7 Å². The molecule has 0 unspecified atom stereocenters. The van der Waals surface area contributed by atoms with Crippen LogP contribution < -0.4 is 10.2 Å². The minimum Gasteiger partial charge on any atom is -0.481 e. The fourth-order valence-electron chi connectivity index (χ4n) is 3.00. The highest BCUT2D eigenvalue weighted by molar-refractivity contribution is 5.82. The number of ether oxygens (including phenoxy) is 1. The number of hydrogen-bond acceptors (Lipinski definition) is 6. The second kappa shape index (κ2) is 7.27. The molecule has 0 N–H and O–H groups in total. The van der Waals surface area contributed by atoms with E-state index in [0.717, 1.165) is 11.1 Å². The van der Waals surface area contributed by atoms with Gasteiger partial charge < -0.3 is 13.6 Å². The minimum atomic E-state index is -0.470. The lowest BCUT2D eigenvalue weighted by molar-refractivity contribution is -0.384. The Hall–Kier alpha value is -3.87. The third kappa shape index (κ3) is 3.50. The van der Waals surface area contributed by atoms with Crippen molar-refractivity contribution in [1.29, 1.82) is 0 Å². The van der Waals surface area contributed by atoms with Gasteiger partial charge in [-0.15, -0.1) is 0 Å². The van der Waals surface area contributed by atoms with Gasteiger partial charge in [-0.25, -0.2) is 0 Å². The van der Waals surface area contributed by atoms with Gasteiger partial charge in [-0.1, -0.05) is 0 Å². The summed E-state index contributed by atoms with van der Waals surface area (Å²) in [6.07, 6.45) is 1.49. The summed E-state index contributed by atoms with van der Waals surface area (Å²) in [7, 11) is 0. The van der Waals surface area contributed by atoms with E-state index in [1.807, 2.05) is 19.9 Å². The number of furan rings is 1. The van der Waals surface area contributed by atoms with Crippen molar-refractivity contribution in [2.45, 2.75) is 20.5 Å². The predicted octanol–water partition coefficient (Wildman–Crippen LogP) is 5.16. The van der Waals surface area contributed by atoms with E-state index in [1.54, 1.807) is 30.3 Å². The average molecular weight is 391 g/mol. The van der Waals surface area contributed by atoms with E-state index in [0.29, 0.717) is 22.3 Å². The quantitative estimate of drug-likeness (QED) is 0.344. The van der Waals surface area contributed by atoms with Crippen LogP contribution >= 0.6 is 0 Å². The fourth-order valence-corrected chi connectivity index (χ4v) is 3.00. The molecule has 0 radical (unpaired) electrons. The molecule has 2 aromatic carbocycles. The summed E-state index contributed by atoms with van der Waals surface area (Å²) in [6, 6.07) is 12.9. The van der Waals surface area contributed by atoms with Crippen molar-refractivity contribution in [2.24, 2.45) is 0 Å². The Labute approximate surface area is 165 Å². The van der Waals surface area contributed by atoms with Gasteiger partial charge in [0, 0.05) is 12.1 Å². The van der Waals surface area contributed by atoms with Crippen LogP contribution in [0.3, 0.4) is 0 Å². The summed E-state index contributed by atoms with van der Waals surface area (Å²) in [5.74, 6) is 0.618. The van der Waals surface area contributed by atoms with Crippen LogP contribution in [0.5, 0.6) is 5.75 Å². The molecule has 0 atom stereocenters. The number of nitrogens with zero attached hydrogens (tertiary/aromatic N) is 1. The summed E-state index contributed by atoms with van der Waals surface area (Å²) < 4.78 is 17.2. The molecule has 146 valence electrons. The van der Waals surface area contributed by atoms with Gasteiger partial charge in [0.05, 0.1) is 16.6 Å². The Morgan fingerprint density at radius 1 is 1.07 bits per heavy atom. The van der Waals surface area contributed by atoms with Crippen molar-refractivity contribution in [3.63, 3.8) is 0 Å². The SMILES string of the molecule is Cc1cc2oc(-c3ccco3)c(OCc3ccc([N+](=O)[O-])cc3)c(=O)c2cc1C. The smallest absolute Gasteiger partial charge is 0.269 e. The maximum Gasteiger partial charge on any atom is 0.269 e. The molecular weight excluding hydrogens is 374 g/mol. The van der Waals surface area contributed by atoms with Crippen molar-refractivity contribution in [3.05, 3.63) is 91.8 Å². The van der Waals surface area contributed by atoms with Crippen molar-refractivity contribution in [1.82, 2.24) is 0 Å². The lowest BCUT2D eigenvalue weighted by Crippen LogP contribution is -2.10. The van der Waals surface area contributed by atoms with Crippen LogP contribution in [0.15, 0.2) is 68.4 Å². The van der Waals surface area contributed by atoms with Crippen LogP contribution in [0.4, 0.5) is 5.69 Å². The van der Waals surface area contributed by atoms with Crippen LogP contribution in [0.25, 0.3) is 22.5 Å². The van der Waals surface area contributed by atoms with E-state index in [1.165, 1.54) is 18.4 Å². The molecular formula is C22H17NO6. The minimum absolute atomic E-state index is 0.0129. The molecule has 0 saturated carbocycles. The summed E-state index contributed by atoms with van der Waals surface area (Å²) in [4.78, 5) is 23.5. The molecule has 0 bridgehead atoms. The monoisotopic (exact) mass is 391 g/mol.